The zero-order valence-corrected chi connectivity index (χ0v) is 12.9. The molecule has 0 amide bonds. The molecule has 8 nitrogen and oxygen atoms in total. The van der Waals surface area contributed by atoms with Crippen molar-refractivity contribution in [3.63, 3.8) is 0 Å². The second kappa shape index (κ2) is 7.01. The van der Waals surface area contributed by atoms with Crippen molar-refractivity contribution in [2.45, 2.75) is 19.8 Å². The molecule has 0 bridgehead atoms. The Hall–Kier alpha value is -2.74. The Morgan fingerprint density at radius 1 is 1.30 bits per heavy atom. The summed E-state index contributed by atoms with van der Waals surface area (Å²) >= 11 is 6.16. The van der Waals surface area contributed by atoms with Gasteiger partial charge in [-0.3, -0.25) is 25.7 Å². The minimum Gasteiger partial charge on any atom is -0.272 e. The van der Waals surface area contributed by atoms with E-state index in [1.54, 1.807) is 0 Å². The highest BCUT2D eigenvalue weighted by molar-refractivity contribution is 6.33. The summed E-state index contributed by atoms with van der Waals surface area (Å²) in [5.74, 6) is 0. The largest absolute Gasteiger partial charge is 0.301 e. The Morgan fingerprint density at radius 3 is 2.70 bits per heavy atom. The van der Waals surface area contributed by atoms with Crippen molar-refractivity contribution >= 4 is 34.9 Å². The van der Waals surface area contributed by atoms with E-state index in [1.807, 2.05) is 13.0 Å². The van der Waals surface area contributed by atoms with Gasteiger partial charge in [0.05, 0.1) is 22.1 Å². The van der Waals surface area contributed by atoms with Gasteiger partial charge in [-0.05, 0) is 37.0 Å². The molecule has 0 unspecified atom stereocenters. The number of allylic oxidation sites excluding steroid dienone is 4. The first kappa shape index (κ1) is 16.6. The number of benzene rings is 1. The number of nitro groups is 2. The van der Waals surface area contributed by atoms with E-state index in [2.05, 4.69) is 10.5 Å². The van der Waals surface area contributed by atoms with Gasteiger partial charge in [0.25, 0.3) is 5.69 Å². The van der Waals surface area contributed by atoms with Gasteiger partial charge in [0.15, 0.2) is 0 Å². The lowest BCUT2D eigenvalue weighted by atomic mass is 10.0. The maximum atomic E-state index is 11.0. The maximum absolute atomic E-state index is 11.0. The Bertz CT molecular complexity index is 755. The zero-order valence-electron chi connectivity index (χ0n) is 12.2. The number of rotatable bonds is 5. The SMILES string of the molecule is CC1=CCCC(/C=N/Nc2ccc([N+](=O)[O-])cc2[N+](=O)[O-])=C1Cl. The van der Waals surface area contributed by atoms with Crippen LogP contribution in [0.1, 0.15) is 19.8 Å². The highest BCUT2D eigenvalue weighted by Crippen LogP contribution is 2.29. The first-order chi connectivity index (χ1) is 10.9. The van der Waals surface area contributed by atoms with E-state index in [-0.39, 0.29) is 11.4 Å². The first-order valence-corrected chi connectivity index (χ1v) is 7.05. The van der Waals surface area contributed by atoms with Crippen molar-refractivity contribution in [2.24, 2.45) is 5.10 Å². The number of halogens is 1. The lowest BCUT2D eigenvalue weighted by molar-refractivity contribution is -0.393. The molecule has 1 aliphatic rings. The third-order valence-electron chi connectivity index (χ3n) is 3.29. The number of anilines is 1. The van der Waals surface area contributed by atoms with Crippen LogP contribution in [0.15, 0.2) is 45.6 Å². The zero-order chi connectivity index (χ0) is 17.0. The topological polar surface area (TPSA) is 111 Å². The van der Waals surface area contributed by atoms with Gasteiger partial charge >= 0.3 is 5.69 Å². The van der Waals surface area contributed by atoms with E-state index in [0.717, 1.165) is 30.1 Å². The van der Waals surface area contributed by atoms with E-state index in [9.17, 15) is 20.2 Å². The van der Waals surface area contributed by atoms with Crippen LogP contribution < -0.4 is 5.43 Å². The van der Waals surface area contributed by atoms with Crippen LogP contribution in [0.4, 0.5) is 17.1 Å². The molecule has 0 saturated heterocycles. The van der Waals surface area contributed by atoms with Crippen molar-refractivity contribution < 1.29 is 9.85 Å². The highest BCUT2D eigenvalue weighted by atomic mass is 35.5. The molecular weight excluding hydrogens is 324 g/mol. The third-order valence-corrected chi connectivity index (χ3v) is 3.83. The first-order valence-electron chi connectivity index (χ1n) is 6.68. The molecule has 0 atom stereocenters. The van der Waals surface area contributed by atoms with Crippen LogP contribution in [0, 0.1) is 20.2 Å². The van der Waals surface area contributed by atoms with E-state index in [0.29, 0.717) is 5.03 Å². The summed E-state index contributed by atoms with van der Waals surface area (Å²) in [6.45, 7) is 1.89. The molecule has 0 fully saturated rings. The van der Waals surface area contributed by atoms with Gasteiger partial charge < -0.3 is 0 Å². The standard InChI is InChI=1S/C14H13ClN4O4/c1-9-3-2-4-10(14(9)15)8-16-17-12-6-5-11(18(20)21)7-13(12)19(22)23/h3,5-8,17H,2,4H2,1H3/b16-8+. The maximum Gasteiger partial charge on any atom is 0.301 e. The molecule has 1 aromatic carbocycles. The van der Waals surface area contributed by atoms with E-state index in [1.165, 1.54) is 18.3 Å². The van der Waals surface area contributed by atoms with Gasteiger partial charge in [0.2, 0.25) is 0 Å². The molecule has 120 valence electrons. The summed E-state index contributed by atoms with van der Waals surface area (Å²) in [4.78, 5) is 20.3. The van der Waals surface area contributed by atoms with Crippen LogP contribution in [0.2, 0.25) is 0 Å². The number of nitro benzene ring substituents is 2. The molecule has 23 heavy (non-hydrogen) atoms. The van der Waals surface area contributed by atoms with Crippen molar-refractivity contribution in [1.82, 2.24) is 0 Å². The van der Waals surface area contributed by atoms with Gasteiger partial charge in [0, 0.05) is 11.1 Å². The number of hydrogen-bond acceptors (Lipinski definition) is 6. The second-order valence-corrected chi connectivity index (χ2v) is 5.23. The lowest BCUT2D eigenvalue weighted by Crippen LogP contribution is -2.01. The van der Waals surface area contributed by atoms with Gasteiger partial charge in [-0.2, -0.15) is 5.10 Å². The normalized spacial score (nSPS) is 14.8. The van der Waals surface area contributed by atoms with Crippen molar-refractivity contribution in [3.05, 3.63) is 60.7 Å². The minimum absolute atomic E-state index is 0.0663. The molecule has 1 N–H and O–H groups in total. The van der Waals surface area contributed by atoms with Gasteiger partial charge in [-0.15, -0.1) is 0 Å². The lowest BCUT2D eigenvalue weighted by Gasteiger charge is -2.11. The molecule has 0 aliphatic heterocycles. The average Bonchev–Trinajstić information content (AvgIpc) is 2.51. The van der Waals surface area contributed by atoms with Gasteiger partial charge in [-0.1, -0.05) is 17.7 Å². The molecule has 2 rings (SSSR count). The molecular formula is C14H13ClN4O4. The molecule has 0 aromatic heterocycles. The quantitative estimate of drug-likeness (QED) is 0.493. The summed E-state index contributed by atoms with van der Waals surface area (Å²) in [5.41, 5.74) is 3.61. The molecule has 9 heteroatoms. The fourth-order valence-electron chi connectivity index (χ4n) is 2.08. The van der Waals surface area contributed by atoms with E-state index >= 15 is 0 Å². The van der Waals surface area contributed by atoms with Gasteiger partial charge in [-0.25, -0.2) is 0 Å². The number of nitrogens with one attached hydrogen (secondary N) is 1. The fourth-order valence-corrected chi connectivity index (χ4v) is 2.30. The molecule has 0 radical (unpaired) electrons. The number of hydrazone groups is 1. The summed E-state index contributed by atoms with van der Waals surface area (Å²) in [6, 6.07) is 3.30. The monoisotopic (exact) mass is 336 g/mol. The fraction of sp³-hybridized carbons (Fsp3) is 0.214. The van der Waals surface area contributed by atoms with Crippen LogP contribution in [-0.2, 0) is 0 Å². The summed E-state index contributed by atoms with van der Waals surface area (Å²) < 4.78 is 0. The number of nitrogens with zero attached hydrogens (tertiary/aromatic N) is 3. The average molecular weight is 337 g/mol. The molecule has 0 spiro atoms. The van der Waals surface area contributed by atoms with Crippen molar-refractivity contribution in [3.8, 4) is 0 Å². The second-order valence-electron chi connectivity index (χ2n) is 4.85. The van der Waals surface area contributed by atoms with E-state index in [4.69, 9.17) is 11.6 Å². The smallest absolute Gasteiger partial charge is 0.272 e. The van der Waals surface area contributed by atoms with E-state index < -0.39 is 15.5 Å². The number of hydrogen-bond donors (Lipinski definition) is 1. The Morgan fingerprint density at radius 2 is 2.04 bits per heavy atom. The van der Waals surface area contributed by atoms with Crippen LogP contribution in [-0.4, -0.2) is 16.1 Å². The van der Waals surface area contributed by atoms with Crippen LogP contribution >= 0.6 is 11.6 Å². The Balaban J connectivity index is 2.22. The molecule has 1 aromatic rings. The van der Waals surface area contributed by atoms with Gasteiger partial charge in [0.1, 0.15) is 5.69 Å². The highest BCUT2D eigenvalue weighted by Gasteiger charge is 2.19. The summed E-state index contributed by atoms with van der Waals surface area (Å²) in [7, 11) is 0. The van der Waals surface area contributed by atoms with Crippen LogP contribution in [0.5, 0.6) is 0 Å². The molecule has 0 saturated carbocycles. The predicted octanol–water partition coefficient (Wildman–Crippen LogP) is 4.13. The Labute approximate surface area is 136 Å². The van der Waals surface area contributed by atoms with Crippen LogP contribution in [0.3, 0.4) is 0 Å². The molecule has 0 heterocycles. The van der Waals surface area contributed by atoms with Crippen LogP contribution in [0.25, 0.3) is 0 Å². The van der Waals surface area contributed by atoms with Crippen molar-refractivity contribution in [1.29, 1.82) is 0 Å². The number of non-ortho nitro benzene ring substituents is 1. The third kappa shape index (κ3) is 3.92. The Kier molecular flexibility index (Phi) is 5.07. The summed E-state index contributed by atoms with van der Waals surface area (Å²) in [5, 5.41) is 26.3. The molecule has 1 aliphatic carbocycles. The summed E-state index contributed by atoms with van der Waals surface area (Å²) in [6.07, 6.45) is 5.10. The van der Waals surface area contributed by atoms with Crippen molar-refractivity contribution in [2.75, 3.05) is 5.43 Å². The minimum atomic E-state index is -0.704. The predicted molar refractivity (Wildman–Crippen MR) is 87.7 cm³/mol.